The van der Waals surface area contributed by atoms with Gasteiger partial charge in [-0.3, -0.25) is 4.79 Å². The molecule has 23 heavy (non-hydrogen) atoms. The average molecular weight is 320 g/mol. The van der Waals surface area contributed by atoms with Crippen LogP contribution in [0.15, 0.2) is 29.3 Å². The first-order valence-corrected chi connectivity index (χ1v) is 7.71. The lowest BCUT2D eigenvalue weighted by atomic mass is 10.2. The van der Waals surface area contributed by atoms with Crippen LogP contribution in [0.2, 0.25) is 0 Å². The van der Waals surface area contributed by atoms with Crippen LogP contribution in [0.5, 0.6) is 11.5 Å². The van der Waals surface area contributed by atoms with E-state index >= 15 is 0 Å². The number of para-hydroxylation sites is 2. The zero-order valence-electron chi connectivity index (χ0n) is 13.8. The molecule has 1 aromatic rings. The molecule has 1 atom stereocenters. The lowest BCUT2D eigenvalue weighted by Gasteiger charge is -2.27. The molecule has 1 aromatic carbocycles. The number of amides is 1. The van der Waals surface area contributed by atoms with Gasteiger partial charge in [0.1, 0.15) is 19.3 Å². The van der Waals surface area contributed by atoms with E-state index in [1.165, 1.54) is 4.90 Å². The lowest BCUT2D eigenvalue weighted by Crippen LogP contribution is -2.45. The van der Waals surface area contributed by atoms with Crippen molar-refractivity contribution in [2.75, 3.05) is 40.3 Å². The van der Waals surface area contributed by atoms with E-state index in [0.29, 0.717) is 25.7 Å². The normalized spacial score (nSPS) is 16.7. The Labute approximate surface area is 136 Å². The molecule has 0 aromatic heterocycles. The molecule has 1 heterocycles. The van der Waals surface area contributed by atoms with E-state index in [2.05, 4.69) is 15.6 Å². The first-order chi connectivity index (χ1) is 11.1. The number of carbonyl (C=O) groups excluding carboxylic acids is 1. The van der Waals surface area contributed by atoms with E-state index in [0.717, 1.165) is 11.5 Å². The Morgan fingerprint density at radius 2 is 2.04 bits per heavy atom. The van der Waals surface area contributed by atoms with Gasteiger partial charge in [0.15, 0.2) is 17.5 Å². The lowest BCUT2D eigenvalue weighted by molar-refractivity contribution is -0.127. The van der Waals surface area contributed by atoms with Crippen molar-refractivity contribution in [3.05, 3.63) is 24.3 Å². The third-order valence-corrected chi connectivity index (χ3v) is 3.28. The van der Waals surface area contributed by atoms with Crippen molar-refractivity contribution in [3.63, 3.8) is 0 Å². The SMILES string of the molecule is CCNC(=NCC(=O)N(C)C)NCC1COc2ccccc2O1. The summed E-state index contributed by atoms with van der Waals surface area (Å²) in [4.78, 5) is 17.4. The van der Waals surface area contributed by atoms with Crippen molar-refractivity contribution in [2.45, 2.75) is 13.0 Å². The van der Waals surface area contributed by atoms with Crippen molar-refractivity contribution in [3.8, 4) is 11.5 Å². The zero-order valence-corrected chi connectivity index (χ0v) is 13.8. The summed E-state index contributed by atoms with van der Waals surface area (Å²) < 4.78 is 11.6. The number of likely N-dealkylation sites (N-methyl/N-ethyl adjacent to an activating group) is 1. The Balaban J connectivity index is 1.87. The molecule has 0 saturated carbocycles. The van der Waals surface area contributed by atoms with Crippen molar-refractivity contribution in [2.24, 2.45) is 4.99 Å². The Morgan fingerprint density at radius 3 is 2.74 bits per heavy atom. The maximum atomic E-state index is 11.6. The molecular formula is C16H24N4O3. The van der Waals surface area contributed by atoms with Gasteiger partial charge in [0, 0.05) is 20.6 Å². The minimum atomic E-state index is -0.113. The highest BCUT2D eigenvalue weighted by molar-refractivity contribution is 5.84. The van der Waals surface area contributed by atoms with Gasteiger partial charge in [0.25, 0.3) is 0 Å². The highest BCUT2D eigenvalue weighted by Crippen LogP contribution is 2.30. The van der Waals surface area contributed by atoms with Crippen LogP contribution in [0.25, 0.3) is 0 Å². The first-order valence-electron chi connectivity index (χ1n) is 7.71. The number of carbonyl (C=O) groups is 1. The Morgan fingerprint density at radius 1 is 1.30 bits per heavy atom. The molecule has 1 unspecified atom stereocenters. The summed E-state index contributed by atoms with van der Waals surface area (Å²) >= 11 is 0. The summed E-state index contributed by atoms with van der Waals surface area (Å²) in [6, 6.07) is 7.60. The van der Waals surface area contributed by atoms with Crippen LogP contribution in [-0.4, -0.2) is 63.2 Å². The van der Waals surface area contributed by atoms with Crippen molar-refractivity contribution >= 4 is 11.9 Å². The van der Waals surface area contributed by atoms with Crippen LogP contribution in [0.4, 0.5) is 0 Å². The zero-order chi connectivity index (χ0) is 16.7. The van der Waals surface area contributed by atoms with Crippen LogP contribution in [0.1, 0.15) is 6.92 Å². The van der Waals surface area contributed by atoms with Gasteiger partial charge in [-0.05, 0) is 19.1 Å². The van der Waals surface area contributed by atoms with Gasteiger partial charge in [0.2, 0.25) is 5.91 Å². The Kier molecular flexibility index (Phi) is 6.08. The highest BCUT2D eigenvalue weighted by atomic mass is 16.6. The molecule has 0 aliphatic carbocycles. The standard InChI is InChI=1S/C16H24N4O3/c1-4-17-16(19-10-15(21)20(2)3)18-9-12-11-22-13-7-5-6-8-14(13)23-12/h5-8,12H,4,9-11H2,1-3H3,(H2,17,18,19). The number of ether oxygens (including phenoxy) is 2. The van der Waals surface area contributed by atoms with E-state index in [-0.39, 0.29) is 18.6 Å². The second-order valence-electron chi connectivity index (χ2n) is 5.36. The minimum absolute atomic E-state index is 0.0478. The minimum Gasteiger partial charge on any atom is -0.486 e. The van der Waals surface area contributed by atoms with Crippen LogP contribution in [-0.2, 0) is 4.79 Å². The monoisotopic (exact) mass is 320 g/mol. The van der Waals surface area contributed by atoms with Gasteiger partial charge in [-0.1, -0.05) is 12.1 Å². The van der Waals surface area contributed by atoms with E-state index in [9.17, 15) is 4.79 Å². The molecule has 0 spiro atoms. The number of aliphatic imine (C=N–C) groups is 1. The summed E-state index contributed by atoms with van der Waals surface area (Å²) in [7, 11) is 3.42. The number of hydrogen-bond acceptors (Lipinski definition) is 4. The summed E-state index contributed by atoms with van der Waals surface area (Å²) in [5.74, 6) is 2.05. The fourth-order valence-electron chi connectivity index (χ4n) is 2.00. The van der Waals surface area contributed by atoms with Gasteiger partial charge in [0.05, 0.1) is 6.54 Å². The summed E-state index contributed by atoms with van der Waals surface area (Å²) in [5, 5.41) is 6.29. The summed E-state index contributed by atoms with van der Waals surface area (Å²) in [6.45, 7) is 3.80. The third-order valence-electron chi connectivity index (χ3n) is 3.28. The van der Waals surface area contributed by atoms with Gasteiger partial charge >= 0.3 is 0 Å². The molecule has 0 bridgehead atoms. The first kappa shape index (κ1) is 16.9. The number of fused-ring (bicyclic) bond motifs is 1. The van der Waals surface area contributed by atoms with Gasteiger partial charge in [-0.25, -0.2) is 4.99 Å². The number of hydrogen-bond donors (Lipinski definition) is 2. The van der Waals surface area contributed by atoms with Crippen molar-refractivity contribution in [1.29, 1.82) is 0 Å². The average Bonchev–Trinajstić information content (AvgIpc) is 2.56. The predicted molar refractivity (Wildman–Crippen MR) is 89.0 cm³/mol. The molecule has 7 nitrogen and oxygen atoms in total. The van der Waals surface area contributed by atoms with Crippen molar-refractivity contribution in [1.82, 2.24) is 15.5 Å². The van der Waals surface area contributed by atoms with E-state index < -0.39 is 0 Å². The second-order valence-corrected chi connectivity index (χ2v) is 5.36. The molecule has 0 fully saturated rings. The van der Waals surface area contributed by atoms with Crippen LogP contribution >= 0.6 is 0 Å². The van der Waals surface area contributed by atoms with E-state index in [1.54, 1.807) is 14.1 Å². The molecule has 0 saturated heterocycles. The van der Waals surface area contributed by atoms with Crippen LogP contribution in [0.3, 0.4) is 0 Å². The van der Waals surface area contributed by atoms with E-state index in [1.807, 2.05) is 31.2 Å². The summed E-state index contributed by atoms with van der Waals surface area (Å²) in [6.07, 6.45) is -0.113. The Hall–Kier alpha value is -2.44. The molecule has 126 valence electrons. The molecule has 2 rings (SSSR count). The van der Waals surface area contributed by atoms with E-state index in [4.69, 9.17) is 9.47 Å². The maximum Gasteiger partial charge on any atom is 0.243 e. The number of rotatable bonds is 5. The van der Waals surface area contributed by atoms with Crippen LogP contribution < -0.4 is 20.1 Å². The smallest absolute Gasteiger partial charge is 0.243 e. The van der Waals surface area contributed by atoms with Crippen molar-refractivity contribution < 1.29 is 14.3 Å². The fraction of sp³-hybridized carbons (Fsp3) is 0.500. The fourth-order valence-corrected chi connectivity index (χ4v) is 2.00. The van der Waals surface area contributed by atoms with Crippen LogP contribution in [0, 0.1) is 0 Å². The quantitative estimate of drug-likeness (QED) is 0.609. The molecule has 2 N–H and O–H groups in total. The molecule has 1 aliphatic rings. The van der Waals surface area contributed by atoms with Gasteiger partial charge in [-0.2, -0.15) is 0 Å². The number of benzene rings is 1. The largest absolute Gasteiger partial charge is 0.486 e. The number of nitrogens with zero attached hydrogens (tertiary/aromatic N) is 2. The third kappa shape index (κ3) is 5.05. The Bertz CT molecular complexity index is 560. The molecule has 7 heteroatoms. The maximum absolute atomic E-state index is 11.6. The topological polar surface area (TPSA) is 75.2 Å². The predicted octanol–water partition coefficient (Wildman–Crippen LogP) is 0.470. The van der Waals surface area contributed by atoms with Gasteiger partial charge < -0.3 is 25.0 Å². The number of nitrogens with one attached hydrogen (secondary N) is 2. The molecule has 0 radical (unpaired) electrons. The molecule has 1 aliphatic heterocycles. The number of guanidine groups is 1. The molecule has 1 amide bonds. The highest BCUT2D eigenvalue weighted by Gasteiger charge is 2.20. The van der Waals surface area contributed by atoms with Gasteiger partial charge in [-0.15, -0.1) is 0 Å². The second kappa shape index (κ2) is 8.26. The molecular weight excluding hydrogens is 296 g/mol. The summed E-state index contributed by atoms with van der Waals surface area (Å²) in [5.41, 5.74) is 0.